The van der Waals surface area contributed by atoms with E-state index in [0.29, 0.717) is 23.9 Å². The number of nitrogens with zero attached hydrogens (tertiary/aromatic N) is 1. The summed E-state index contributed by atoms with van der Waals surface area (Å²) >= 11 is 1.50. The molecule has 6 heteroatoms. The number of hydrogen-bond donors (Lipinski definition) is 1. The van der Waals surface area contributed by atoms with Crippen molar-refractivity contribution in [1.29, 1.82) is 0 Å². The van der Waals surface area contributed by atoms with E-state index in [-0.39, 0.29) is 6.04 Å². The van der Waals surface area contributed by atoms with E-state index in [4.69, 9.17) is 0 Å². The van der Waals surface area contributed by atoms with Gasteiger partial charge in [-0.2, -0.15) is 4.31 Å². The van der Waals surface area contributed by atoms with Gasteiger partial charge in [0.2, 0.25) is 10.0 Å². The van der Waals surface area contributed by atoms with Crippen molar-refractivity contribution in [2.45, 2.75) is 58.0 Å². The third-order valence-electron chi connectivity index (χ3n) is 3.52. The molecular formula is C15H28N2O2S2. The molecule has 1 aromatic heterocycles. The molecule has 0 aliphatic rings. The Bertz CT molecular complexity index is 520. The van der Waals surface area contributed by atoms with Gasteiger partial charge in [-0.25, -0.2) is 8.42 Å². The zero-order chi connectivity index (χ0) is 16.0. The molecular weight excluding hydrogens is 304 g/mol. The Balaban J connectivity index is 3.22. The molecule has 1 rings (SSSR count). The van der Waals surface area contributed by atoms with Gasteiger partial charge in [0, 0.05) is 24.0 Å². The van der Waals surface area contributed by atoms with Crippen LogP contribution in [0.15, 0.2) is 16.3 Å². The fraction of sp³-hybridized carbons (Fsp3) is 0.733. The minimum Gasteiger partial charge on any atom is -0.315 e. The van der Waals surface area contributed by atoms with E-state index in [1.807, 2.05) is 12.4 Å². The minimum absolute atomic E-state index is 0.0692. The second-order valence-corrected chi connectivity index (χ2v) is 8.54. The van der Waals surface area contributed by atoms with Gasteiger partial charge in [0.1, 0.15) is 0 Å². The fourth-order valence-electron chi connectivity index (χ4n) is 2.47. The quantitative estimate of drug-likeness (QED) is 0.755. The minimum atomic E-state index is -3.43. The Hall–Kier alpha value is -0.430. The van der Waals surface area contributed by atoms with Crippen molar-refractivity contribution >= 4 is 21.4 Å². The predicted octanol–water partition coefficient (Wildman–Crippen LogP) is 3.30. The Labute approximate surface area is 133 Å². The molecule has 1 N–H and O–H groups in total. The first-order chi connectivity index (χ1) is 9.88. The van der Waals surface area contributed by atoms with Crippen LogP contribution in [-0.2, 0) is 16.6 Å². The lowest BCUT2D eigenvalue weighted by molar-refractivity contribution is 0.277. The highest BCUT2D eigenvalue weighted by Crippen LogP contribution is 2.28. The van der Waals surface area contributed by atoms with Gasteiger partial charge in [0.25, 0.3) is 0 Å². The number of rotatable bonds is 9. The van der Waals surface area contributed by atoms with Gasteiger partial charge in [-0.3, -0.25) is 0 Å². The first-order valence-corrected chi connectivity index (χ1v) is 9.93. The highest BCUT2D eigenvalue weighted by atomic mass is 32.2. The summed E-state index contributed by atoms with van der Waals surface area (Å²) in [5.41, 5.74) is 0. The molecule has 0 aromatic carbocycles. The molecule has 0 bridgehead atoms. The lowest BCUT2D eigenvalue weighted by Crippen LogP contribution is -2.42. The average Bonchev–Trinajstić information content (AvgIpc) is 2.88. The second-order valence-electron chi connectivity index (χ2n) is 5.68. The molecule has 0 aliphatic heterocycles. The molecule has 0 fully saturated rings. The lowest BCUT2D eigenvalue weighted by atomic mass is 10.1. The molecule has 4 nitrogen and oxygen atoms in total. The summed E-state index contributed by atoms with van der Waals surface area (Å²) in [6.45, 7) is 9.40. The van der Waals surface area contributed by atoms with Crippen LogP contribution in [-0.4, -0.2) is 32.4 Å². The summed E-state index contributed by atoms with van der Waals surface area (Å²) < 4.78 is 27.9. The van der Waals surface area contributed by atoms with Crippen molar-refractivity contribution in [3.8, 4) is 0 Å². The van der Waals surface area contributed by atoms with Crippen LogP contribution in [0.5, 0.6) is 0 Å². The topological polar surface area (TPSA) is 49.4 Å². The molecule has 0 atom stereocenters. The number of sulfonamides is 1. The van der Waals surface area contributed by atoms with Crippen LogP contribution in [0, 0.1) is 5.92 Å². The Morgan fingerprint density at radius 2 is 1.90 bits per heavy atom. The van der Waals surface area contributed by atoms with Crippen molar-refractivity contribution in [1.82, 2.24) is 9.62 Å². The SMILES string of the molecule is CCC(CC)N(CC(C)C)S(=O)(=O)c1ccsc1CNC. The molecule has 0 unspecified atom stereocenters. The molecule has 1 aromatic rings. The first-order valence-electron chi connectivity index (χ1n) is 7.61. The predicted molar refractivity (Wildman–Crippen MR) is 90.2 cm³/mol. The largest absolute Gasteiger partial charge is 0.315 e. The van der Waals surface area contributed by atoms with E-state index in [2.05, 4.69) is 33.0 Å². The zero-order valence-corrected chi connectivity index (χ0v) is 15.4. The van der Waals surface area contributed by atoms with E-state index in [1.54, 1.807) is 10.4 Å². The third kappa shape index (κ3) is 4.52. The van der Waals surface area contributed by atoms with Gasteiger partial charge in [-0.15, -0.1) is 11.3 Å². The molecule has 0 saturated heterocycles. The number of nitrogens with one attached hydrogen (secondary N) is 1. The maximum absolute atomic E-state index is 13.1. The Morgan fingerprint density at radius 1 is 1.29 bits per heavy atom. The van der Waals surface area contributed by atoms with E-state index in [1.165, 1.54) is 11.3 Å². The van der Waals surface area contributed by atoms with Gasteiger partial charge in [0.05, 0.1) is 4.90 Å². The van der Waals surface area contributed by atoms with Gasteiger partial charge >= 0.3 is 0 Å². The molecule has 0 saturated carbocycles. The van der Waals surface area contributed by atoms with Gasteiger partial charge in [0.15, 0.2) is 0 Å². The third-order valence-corrected chi connectivity index (χ3v) is 6.58. The Morgan fingerprint density at radius 3 is 2.38 bits per heavy atom. The molecule has 1 heterocycles. The van der Waals surface area contributed by atoms with Gasteiger partial charge in [-0.1, -0.05) is 27.7 Å². The standard InChI is InChI=1S/C15H28N2O2S2/c1-6-13(7-2)17(11-12(3)4)21(18,19)15-8-9-20-14(15)10-16-5/h8-9,12-13,16H,6-7,10-11H2,1-5H3. The van der Waals surface area contributed by atoms with Gasteiger partial charge < -0.3 is 5.32 Å². The molecule has 21 heavy (non-hydrogen) atoms. The molecule has 122 valence electrons. The summed E-state index contributed by atoms with van der Waals surface area (Å²) in [7, 11) is -1.59. The average molecular weight is 333 g/mol. The maximum atomic E-state index is 13.1. The summed E-state index contributed by atoms with van der Waals surface area (Å²) in [5, 5.41) is 4.91. The Kier molecular flexibility index (Phi) is 7.33. The zero-order valence-electron chi connectivity index (χ0n) is 13.7. The van der Waals surface area contributed by atoms with Crippen molar-refractivity contribution in [2.24, 2.45) is 5.92 Å². The van der Waals surface area contributed by atoms with E-state index >= 15 is 0 Å². The van der Waals surface area contributed by atoms with Crippen molar-refractivity contribution < 1.29 is 8.42 Å². The summed E-state index contributed by atoms with van der Waals surface area (Å²) in [5.74, 6) is 0.312. The highest BCUT2D eigenvalue weighted by molar-refractivity contribution is 7.89. The monoisotopic (exact) mass is 332 g/mol. The second kappa shape index (κ2) is 8.27. The lowest BCUT2D eigenvalue weighted by Gasteiger charge is -2.31. The molecule has 0 aliphatic carbocycles. The van der Waals surface area contributed by atoms with Crippen LogP contribution in [0.2, 0.25) is 0 Å². The summed E-state index contributed by atoms with van der Waals surface area (Å²) in [6, 6.07) is 1.81. The van der Waals surface area contributed by atoms with Crippen LogP contribution >= 0.6 is 11.3 Å². The van der Waals surface area contributed by atoms with Gasteiger partial charge in [-0.05, 0) is 37.3 Å². The maximum Gasteiger partial charge on any atom is 0.244 e. The highest BCUT2D eigenvalue weighted by Gasteiger charge is 2.32. The molecule has 0 spiro atoms. The van der Waals surface area contributed by atoms with E-state index < -0.39 is 10.0 Å². The summed E-state index contributed by atoms with van der Waals surface area (Å²) in [4.78, 5) is 1.35. The normalized spacial score (nSPS) is 12.8. The van der Waals surface area contributed by atoms with Crippen LogP contribution in [0.1, 0.15) is 45.4 Å². The van der Waals surface area contributed by atoms with Crippen molar-refractivity contribution in [3.05, 3.63) is 16.3 Å². The van der Waals surface area contributed by atoms with Crippen molar-refractivity contribution in [2.75, 3.05) is 13.6 Å². The molecule has 0 radical (unpaired) electrons. The van der Waals surface area contributed by atoms with Crippen LogP contribution in [0.3, 0.4) is 0 Å². The molecule has 0 amide bonds. The van der Waals surface area contributed by atoms with Crippen LogP contribution in [0.4, 0.5) is 0 Å². The first kappa shape index (κ1) is 18.6. The summed E-state index contributed by atoms with van der Waals surface area (Å²) in [6.07, 6.45) is 1.68. The fourth-order valence-corrected chi connectivity index (χ4v) is 5.84. The van der Waals surface area contributed by atoms with Crippen LogP contribution in [0.25, 0.3) is 0 Å². The van der Waals surface area contributed by atoms with E-state index in [9.17, 15) is 8.42 Å². The number of hydrogen-bond acceptors (Lipinski definition) is 4. The smallest absolute Gasteiger partial charge is 0.244 e. The number of thiophene rings is 1. The van der Waals surface area contributed by atoms with Crippen molar-refractivity contribution in [3.63, 3.8) is 0 Å². The van der Waals surface area contributed by atoms with E-state index in [0.717, 1.165) is 17.7 Å². The van der Waals surface area contributed by atoms with Crippen LogP contribution < -0.4 is 5.32 Å².